The average Bonchev–Trinajstić information content (AvgIpc) is 2.92. The Bertz CT molecular complexity index is 799. The number of aromatic nitrogens is 2. The van der Waals surface area contributed by atoms with Gasteiger partial charge in [0.2, 0.25) is 0 Å². The zero-order chi connectivity index (χ0) is 23.1. The first-order valence-corrected chi connectivity index (χ1v) is 12.5. The van der Waals surface area contributed by atoms with E-state index in [-0.39, 0.29) is 0 Å². The van der Waals surface area contributed by atoms with Crippen LogP contribution in [0.25, 0.3) is 11.4 Å². The van der Waals surface area contributed by atoms with Crippen molar-refractivity contribution >= 4 is 0 Å². The minimum atomic E-state index is 0.451. The quantitative estimate of drug-likeness (QED) is 0.197. The van der Waals surface area contributed by atoms with E-state index in [0.29, 0.717) is 5.41 Å². The van der Waals surface area contributed by atoms with Crippen LogP contribution in [0.15, 0.2) is 30.3 Å². The van der Waals surface area contributed by atoms with E-state index in [9.17, 15) is 0 Å². The van der Waals surface area contributed by atoms with Crippen LogP contribution < -0.4 is 4.57 Å². The Hall–Kier alpha value is -1.61. The number of benzene rings is 1. The summed E-state index contributed by atoms with van der Waals surface area (Å²) >= 11 is 0. The van der Waals surface area contributed by atoms with Crippen molar-refractivity contribution in [3.63, 3.8) is 0 Å². The third-order valence-corrected chi connectivity index (χ3v) is 7.00. The maximum Gasteiger partial charge on any atom is 0.289 e. The molecule has 0 saturated heterocycles. The van der Waals surface area contributed by atoms with Gasteiger partial charge in [-0.15, -0.1) is 0 Å². The number of quaternary nitrogens is 1. The van der Waals surface area contributed by atoms with E-state index in [0.717, 1.165) is 11.0 Å². The third-order valence-electron chi connectivity index (χ3n) is 7.00. The molecule has 0 N–H and O–H groups in total. The van der Waals surface area contributed by atoms with Gasteiger partial charge in [0, 0.05) is 19.3 Å². The highest BCUT2D eigenvalue weighted by atomic mass is 15.3. The zero-order valence-corrected chi connectivity index (χ0v) is 21.8. The van der Waals surface area contributed by atoms with Gasteiger partial charge in [-0.2, -0.15) is 0 Å². The molecule has 0 spiro atoms. The Balaban J connectivity index is 1.84. The molecule has 1 aromatic carbocycles. The summed E-state index contributed by atoms with van der Waals surface area (Å²) in [5, 5.41) is 0. The summed E-state index contributed by atoms with van der Waals surface area (Å²) in [6, 6.07) is 10.8. The molecular weight excluding hydrogens is 378 g/mol. The minimum Gasteiger partial charge on any atom is -0.328 e. The summed E-state index contributed by atoms with van der Waals surface area (Å²) in [6.07, 6.45) is 9.25. The average molecular weight is 428 g/mol. The standard InChI is InChI=1S/C28H49N3/c1-9-10-20-28(4,5)23-31(7,8)22-17-12-11-16-21-30-25(3)24(2)29(6)27(30)26-18-14-13-15-19-26/h13-15,18-19H,9-12,16-17,20-23H2,1-8H3/q+2. The van der Waals surface area contributed by atoms with Crippen LogP contribution in [0, 0.1) is 19.3 Å². The molecule has 0 aliphatic rings. The van der Waals surface area contributed by atoms with Crippen molar-refractivity contribution < 1.29 is 9.05 Å². The van der Waals surface area contributed by atoms with Gasteiger partial charge in [-0.3, -0.25) is 0 Å². The predicted octanol–water partition coefficient (Wildman–Crippen LogP) is 6.45. The molecule has 0 fully saturated rings. The van der Waals surface area contributed by atoms with Gasteiger partial charge in [0.25, 0.3) is 5.82 Å². The Labute approximate surface area is 192 Å². The number of imidazole rings is 1. The fraction of sp³-hybridized carbons (Fsp3) is 0.679. The molecule has 1 aromatic heterocycles. The molecule has 0 aliphatic heterocycles. The first kappa shape index (κ1) is 25.6. The van der Waals surface area contributed by atoms with Crippen LogP contribution in [0.1, 0.15) is 77.1 Å². The van der Waals surface area contributed by atoms with E-state index in [4.69, 9.17) is 0 Å². The third kappa shape index (κ3) is 7.49. The second-order valence-corrected chi connectivity index (χ2v) is 11.1. The normalized spacial score (nSPS) is 12.5. The van der Waals surface area contributed by atoms with Gasteiger partial charge in [-0.1, -0.05) is 51.8 Å². The first-order valence-electron chi connectivity index (χ1n) is 12.5. The maximum absolute atomic E-state index is 2.53. The Morgan fingerprint density at radius 2 is 1.58 bits per heavy atom. The second kappa shape index (κ2) is 11.3. The lowest BCUT2D eigenvalue weighted by Crippen LogP contribution is -2.47. The van der Waals surface area contributed by atoms with Gasteiger partial charge < -0.3 is 4.48 Å². The number of unbranched alkanes of at least 4 members (excludes halogenated alkanes) is 4. The van der Waals surface area contributed by atoms with Gasteiger partial charge in [-0.25, -0.2) is 9.13 Å². The Kier molecular flexibility index (Phi) is 9.36. The van der Waals surface area contributed by atoms with E-state index >= 15 is 0 Å². The van der Waals surface area contributed by atoms with E-state index < -0.39 is 0 Å². The van der Waals surface area contributed by atoms with Crippen molar-refractivity contribution in [3.05, 3.63) is 41.7 Å². The van der Waals surface area contributed by atoms with Crippen molar-refractivity contribution in [1.82, 2.24) is 4.57 Å². The highest BCUT2D eigenvalue weighted by molar-refractivity contribution is 5.53. The molecule has 0 saturated carbocycles. The van der Waals surface area contributed by atoms with Crippen LogP contribution in [-0.4, -0.2) is 36.2 Å². The predicted molar refractivity (Wildman–Crippen MR) is 134 cm³/mol. The molecule has 0 unspecified atom stereocenters. The monoisotopic (exact) mass is 427 g/mol. The molecule has 2 rings (SSSR count). The molecular formula is C28H49N3+2. The molecule has 0 amide bonds. The molecule has 174 valence electrons. The fourth-order valence-corrected chi connectivity index (χ4v) is 5.28. The molecule has 0 bridgehead atoms. The molecule has 0 atom stereocenters. The number of nitrogens with zero attached hydrogens (tertiary/aromatic N) is 3. The molecule has 3 heteroatoms. The second-order valence-electron chi connectivity index (χ2n) is 11.1. The van der Waals surface area contributed by atoms with Gasteiger partial charge in [0.05, 0.1) is 46.3 Å². The number of hydrogen-bond acceptors (Lipinski definition) is 0. The molecule has 1 heterocycles. The Morgan fingerprint density at radius 3 is 2.23 bits per heavy atom. The number of rotatable bonds is 13. The summed E-state index contributed by atoms with van der Waals surface area (Å²) in [6.45, 7) is 15.4. The van der Waals surface area contributed by atoms with Crippen LogP contribution in [-0.2, 0) is 13.6 Å². The van der Waals surface area contributed by atoms with Gasteiger partial charge >= 0.3 is 0 Å². The Morgan fingerprint density at radius 1 is 0.935 bits per heavy atom. The summed E-state index contributed by atoms with van der Waals surface area (Å²) in [7, 11) is 7.04. The van der Waals surface area contributed by atoms with E-state index in [1.165, 1.54) is 80.8 Å². The summed E-state index contributed by atoms with van der Waals surface area (Å²) in [4.78, 5) is 0. The smallest absolute Gasteiger partial charge is 0.289 e. The van der Waals surface area contributed by atoms with Crippen LogP contribution >= 0.6 is 0 Å². The van der Waals surface area contributed by atoms with E-state index in [1.807, 2.05) is 0 Å². The first-order chi connectivity index (χ1) is 14.6. The van der Waals surface area contributed by atoms with Gasteiger partial charge in [0.1, 0.15) is 11.4 Å². The fourth-order valence-electron chi connectivity index (χ4n) is 5.28. The summed E-state index contributed by atoms with van der Waals surface area (Å²) in [5.41, 5.74) is 4.52. The van der Waals surface area contributed by atoms with E-state index in [2.05, 4.69) is 95.2 Å². The topological polar surface area (TPSA) is 8.81 Å². The highest BCUT2D eigenvalue weighted by Gasteiger charge is 2.28. The SMILES string of the molecule is CCCCC(C)(C)C[N+](C)(C)CCCCCCn1c(C)c(C)[n+](C)c1-c1ccccc1. The van der Waals surface area contributed by atoms with Crippen molar-refractivity contribution in [3.8, 4) is 11.4 Å². The molecule has 3 nitrogen and oxygen atoms in total. The molecule has 2 aromatic rings. The van der Waals surface area contributed by atoms with Crippen LogP contribution in [0.3, 0.4) is 0 Å². The van der Waals surface area contributed by atoms with Crippen molar-refractivity contribution in [2.24, 2.45) is 12.5 Å². The molecule has 31 heavy (non-hydrogen) atoms. The highest BCUT2D eigenvalue weighted by Crippen LogP contribution is 2.27. The van der Waals surface area contributed by atoms with Crippen LogP contribution in [0.4, 0.5) is 0 Å². The van der Waals surface area contributed by atoms with Crippen LogP contribution in [0.5, 0.6) is 0 Å². The van der Waals surface area contributed by atoms with Crippen molar-refractivity contribution in [1.29, 1.82) is 0 Å². The zero-order valence-electron chi connectivity index (χ0n) is 21.8. The molecule has 0 aliphatic carbocycles. The lowest BCUT2D eigenvalue weighted by atomic mass is 9.86. The minimum absolute atomic E-state index is 0.451. The summed E-state index contributed by atoms with van der Waals surface area (Å²) < 4.78 is 6.03. The van der Waals surface area contributed by atoms with E-state index in [1.54, 1.807) is 0 Å². The molecule has 0 radical (unpaired) electrons. The lowest BCUT2D eigenvalue weighted by Gasteiger charge is -2.37. The van der Waals surface area contributed by atoms with Crippen molar-refractivity contribution in [2.45, 2.75) is 86.1 Å². The van der Waals surface area contributed by atoms with Gasteiger partial charge in [-0.05, 0) is 44.2 Å². The van der Waals surface area contributed by atoms with Crippen LogP contribution in [0.2, 0.25) is 0 Å². The van der Waals surface area contributed by atoms with Gasteiger partial charge in [0.15, 0.2) is 0 Å². The van der Waals surface area contributed by atoms with Crippen molar-refractivity contribution in [2.75, 3.05) is 27.2 Å². The number of hydrogen-bond donors (Lipinski definition) is 0. The largest absolute Gasteiger partial charge is 0.328 e. The summed E-state index contributed by atoms with van der Waals surface area (Å²) in [5.74, 6) is 1.34. The lowest BCUT2D eigenvalue weighted by molar-refractivity contribution is -0.896. The maximum atomic E-state index is 2.53.